The first-order chi connectivity index (χ1) is 10.0. The second-order valence-electron chi connectivity index (χ2n) is 5.16. The molecule has 2 N–H and O–H groups in total. The minimum atomic E-state index is -0.147. The number of H-pyrrole nitrogens is 1. The van der Waals surface area contributed by atoms with Crippen LogP contribution in [0.4, 0.5) is 0 Å². The van der Waals surface area contributed by atoms with Crippen LogP contribution < -0.4 is 5.32 Å². The second kappa shape index (κ2) is 6.85. The average molecular weight is 306 g/mol. The molecule has 0 fully saturated rings. The van der Waals surface area contributed by atoms with Gasteiger partial charge in [-0.1, -0.05) is 20.3 Å². The van der Waals surface area contributed by atoms with Gasteiger partial charge in [0.2, 0.25) is 0 Å². The summed E-state index contributed by atoms with van der Waals surface area (Å²) in [5, 5.41) is 11.0. The fraction of sp³-hybridized carbons (Fsp3) is 0.533. The SMILES string of the molecule is CCCc1cc(C(=O)N[C@H](CC)c2nc(C)c(C)s2)n[nH]1. The van der Waals surface area contributed by atoms with E-state index in [-0.39, 0.29) is 11.9 Å². The fourth-order valence-electron chi connectivity index (χ4n) is 2.09. The minimum absolute atomic E-state index is 0.0544. The van der Waals surface area contributed by atoms with Crippen molar-refractivity contribution in [3.05, 3.63) is 33.0 Å². The first kappa shape index (κ1) is 15.7. The zero-order valence-corrected chi connectivity index (χ0v) is 13.8. The average Bonchev–Trinajstić information content (AvgIpc) is 3.04. The van der Waals surface area contributed by atoms with Gasteiger partial charge in [-0.3, -0.25) is 9.89 Å². The molecule has 0 saturated carbocycles. The minimum Gasteiger partial charge on any atom is -0.341 e. The number of aromatic nitrogens is 3. The predicted molar refractivity (Wildman–Crippen MR) is 84.7 cm³/mol. The monoisotopic (exact) mass is 306 g/mol. The van der Waals surface area contributed by atoms with Crippen LogP contribution in [0, 0.1) is 13.8 Å². The van der Waals surface area contributed by atoms with E-state index < -0.39 is 0 Å². The summed E-state index contributed by atoms with van der Waals surface area (Å²) >= 11 is 1.64. The first-order valence-corrected chi connectivity index (χ1v) is 8.15. The lowest BCUT2D eigenvalue weighted by atomic mass is 10.2. The molecule has 2 aromatic heterocycles. The number of aromatic amines is 1. The summed E-state index contributed by atoms with van der Waals surface area (Å²) in [6, 6.07) is 1.77. The van der Waals surface area contributed by atoms with Gasteiger partial charge in [-0.15, -0.1) is 11.3 Å². The quantitative estimate of drug-likeness (QED) is 0.860. The Morgan fingerprint density at radius 2 is 2.19 bits per heavy atom. The number of carbonyl (C=O) groups excluding carboxylic acids is 1. The van der Waals surface area contributed by atoms with E-state index in [9.17, 15) is 4.79 Å². The van der Waals surface area contributed by atoms with E-state index in [1.807, 2.05) is 19.9 Å². The third-order valence-electron chi connectivity index (χ3n) is 3.44. The summed E-state index contributed by atoms with van der Waals surface area (Å²) in [7, 11) is 0. The summed E-state index contributed by atoms with van der Waals surface area (Å²) in [6.07, 6.45) is 2.74. The van der Waals surface area contributed by atoms with Gasteiger partial charge < -0.3 is 5.32 Å². The lowest BCUT2D eigenvalue weighted by Crippen LogP contribution is -2.28. The Morgan fingerprint density at radius 1 is 1.43 bits per heavy atom. The van der Waals surface area contributed by atoms with E-state index in [1.165, 1.54) is 4.88 Å². The topological polar surface area (TPSA) is 70.7 Å². The van der Waals surface area contributed by atoms with Crippen LogP contribution in [0.1, 0.15) is 64.5 Å². The number of hydrogen-bond donors (Lipinski definition) is 2. The van der Waals surface area contributed by atoms with Crippen molar-refractivity contribution in [2.75, 3.05) is 0 Å². The summed E-state index contributed by atoms with van der Waals surface area (Å²) < 4.78 is 0. The van der Waals surface area contributed by atoms with E-state index in [1.54, 1.807) is 11.3 Å². The van der Waals surface area contributed by atoms with Crippen LogP contribution in [-0.4, -0.2) is 21.1 Å². The highest BCUT2D eigenvalue weighted by Crippen LogP contribution is 2.25. The van der Waals surface area contributed by atoms with Crippen molar-refractivity contribution in [2.45, 2.75) is 53.0 Å². The van der Waals surface area contributed by atoms with Gasteiger partial charge in [-0.2, -0.15) is 5.10 Å². The van der Waals surface area contributed by atoms with Gasteiger partial charge in [0.25, 0.3) is 5.91 Å². The largest absolute Gasteiger partial charge is 0.341 e. The highest BCUT2D eigenvalue weighted by Gasteiger charge is 2.19. The molecule has 0 aromatic carbocycles. The van der Waals surface area contributed by atoms with Gasteiger partial charge in [0.1, 0.15) is 10.7 Å². The molecule has 0 radical (unpaired) electrons. The highest BCUT2D eigenvalue weighted by molar-refractivity contribution is 7.11. The summed E-state index contributed by atoms with van der Waals surface area (Å²) in [4.78, 5) is 18.0. The van der Waals surface area contributed by atoms with Crippen LogP contribution in [0.15, 0.2) is 6.07 Å². The molecule has 5 nitrogen and oxygen atoms in total. The number of carbonyl (C=O) groups is 1. The fourth-order valence-corrected chi connectivity index (χ4v) is 3.15. The molecule has 0 saturated heterocycles. The number of aryl methyl sites for hydroxylation is 3. The van der Waals surface area contributed by atoms with Crippen molar-refractivity contribution in [1.29, 1.82) is 0 Å². The van der Waals surface area contributed by atoms with Gasteiger partial charge in [0, 0.05) is 10.6 Å². The Kier molecular flexibility index (Phi) is 5.12. The molecule has 0 unspecified atom stereocenters. The smallest absolute Gasteiger partial charge is 0.272 e. The molecule has 2 aromatic rings. The van der Waals surface area contributed by atoms with Crippen LogP contribution in [0.25, 0.3) is 0 Å². The molecular formula is C15H22N4OS. The molecule has 114 valence electrons. The lowest BCUT2D eigenvalue weighted by Gasteiger charge is -2.13. The van der Waals surface area contributed by atoms with Crippen molar-refractivity contribution in [3.8, 4) is 0 Å². The highest BCUT2D eigenvalue weighted by atomic mass is 32.1. The van der Waals surface area contributed by atoms with Gasteiger partial charge in [-0.05, 0) is 32.8 Å². The third-order valence-corrected chi connectivity index (χ3v) is 4.63. The van der Waals surface area contributed by atoms with Gasteiger partial charge >= 0.3 is 0 Å². The van der Waals surface area contributed by atoms with E-state index in [4.69, 9.17) is 0 Å². The Labute approximate surface area is 129 Å². The summed E-state index contributed by atoms with van der Waals surface area (Å²) in [5.41, 5.74) is 2.48. The normalized spacial score (nSPS) is 12.4. The number of nitrogens with one attached hydrogen (secondary N) is 2. The Bertz CT molecular complexity index is 597. The summed E-state index contributed by atoms with van der Waals surface area (Å²) in [5.74, 6) is -0.147. The van der Waals surface area contributed by atoms with Gasteiger partial charge in [0.15, 0.2) is 0 Å². The Hall–Kier alpha value is -1.69. The zero-order valence-electron chi connectivity index (χ0n) is 13.0. The number of thiazole rings is 1. The van der Waals surface area contributed by atoms with Crippen LogP contribution in [0.5, 0.6) is 0 Å². The molecule has 6 heteroatoms. The maximum Gasteiger partial charge on any atom is 0.272 e. The van der Waals surface area contributed by atoms with E-state index >= 15 is 0 Å². The molecule has 1 atom stereocenters. The molecule has 1 amide bonds. The molecule has 0 aliphatic carbocycles. The second-order valence-corrected chi connectivity index (χ2v) is 6.39. The molecule has 0 aliphatic heterocycles. The van der Waals surface area contributed by atoms with Gasteiger partial charge in [-0.25, -0.2) is 4.98 Å². The molecule has 2 rings (SSSR count). The van der Waals surface area contributed by atoms with Crippen molar-refractivity contribution in [2.24, 2.45) is 0 Å². The third kappa shape index (κ3) is 3.69. The van der Waals surface area contributed by atoms with Crippen LogP contribution in [-0.2, 0) is 6.42 Å². The Morgan fingerprint density at radius 3 is 2.76 bits per heavy atom. The number of nitrogens with zero attached hydrogens (tertiary/aromatic N) is 2. The number of rotatable bonds is 6. The van der Waals surface area contributed by atoms with Crippen LogP contribution >= 0.6 is 11.3 Å². The standard InChI is InChI=1S/C15H22N4OS/c1-5-7-11-8-13(19-18-11)14(20)17-12(6-2)15-16-9(3)10(4)21-15/h8,12H,5-7H2,1-4H3,(H,17,20)(H,18,19)/t12-/m1/s1. The molecule has 2 heterocycles. The van der Waals surface area contributed by atoms with Crippen molar-refractivity contribution in [1.82, 2.24) is 20.5 Å². The number of amides is 1. The number of hydrogen-bond acceptors (Lipinski definition) is 4. The molecule has 0 spiro atoms. The zero-order chi connectivity index (χ0) is 15.4. The van der Waals surface area contributed by atoms with Crippen molar-refractivity contribution in [3.63, 3.8) is 0 Å². The van der Waals surface area contributed by atoms with Crippen molar-refractivity contribution < 1.29 is 4.79 Å². The molecule has 21 heavy (non-hydrogen) atoms. The maximum atomic E-state index is 12.3. The van der Waals surface area contributed by atoms with Crippen LogP contribution in [0.2, 0.25) is 0 Å². The van der Waals surface area contributed by atoms with E-state index in [2.05, 4.69) is 34.3 Å². The molecular weight excluding hydrogens is 284 g/mol. The molecule has 0 aliphatic rings. The van der Waals surface area contributed by atoms with E-state index in [0.717, 1.165) is 35.7 Å². The van der Waals surface area contributed by atoms with Crippen LogP contribution in [0.3, 0.4) is 0 Å². The maximum absolute atomic E-state index is 12.3. The van der Waals surface area contributed by atoms with E-state index in [0.29, 0.717) is 5.69 Å². The van der Waals surface area contributed by atoms with Crippen molar-refractivity contribution >= 4 is 17.2 Å². The summed E-state index contributed by atoms with van der Waals surface area (Å²) in [6.45, 7) is 8.19. The lowest BCUT2D eigenvalue weighted by molar-refractivity contribution is 0.0930. The molecule has 0 bridgehead atoms. The van der Waals surface area contributed by atoms with Gasteiger partial charge in [0.05, 0.1) is 11.7 Å². The first-order valence-electron chi connectivity index (χ1n) is 7.34. The Balaban J connectivity index is 2.08. The predicted octanol–water partition coefficient (Wildman–Crippen LogP) is 3.32.